The summed E-state index contributed by atoms with van der Waals surface area (Å²) in [5.74, 6) is 0.821. The smallest absolute Gasteiger partial charge is 0.342 e. The number of nitrogens with zero attached hydrogens (tertiary/aromatic N) is 2. The molecular weight excluding hydrogens is 324 g/mol. The highest BCUT2D eigenvalue weighted by Crippen LogP contribution is 2.31. The second-order valence-corrected chi connectivity index (χ2v) is 4.99. The van der Waals surface area contributed by atoms with Gasteiger partial charge in [0.25, 0.3) is 5.89 Å². The highest BCUT2D eigenvalue weighted by Gasteiger charge is 2.19. The Kier molecular flexibility index (Phi) is 4.94. The third kappa shape index (κ3) is 3.60. The zero-order valence-corrected chi connectivity index (χ0v) is 13.8. The quantitative estimate of drug-likeness (QED) is 0.637. The van der Waals surface area contributed by atoms with Gasteiger partial charge in [0.05, 0.1) is 14.2 Å². The van der Waals surface area contributed by atoms with E-state index in [2.05, 4.69) is 10.1 Å². The van der Waals surface area contributed by atoms with Crippen molar-refractivity contribution in [1.29, 1.82) is 0 Å². The first-order valence-electron chi connectivity index (χ1n) is 7.49. The summed E-state index contributed by atoms with van der Waals surface area (Å²) in [6.07, 6.45) is 0. The van der Waals surface area contributed by atoms with E-state index in [9.17, 15) is 4.79 Å². The largest absolute Gasteiger partial charge is 0.493 e. The average Bonchev–Trinajstić information content (AvgIpc) is 3.15. The van der Waals surface area contributed by atoms with Crippen LogP contribution in [-0.2, 0) is 11.3 Å². The lowest BCUT2D eigenvalue weighted by Crippen LogP contribution is -2.08. The van der Waals surface area contributed by atoms with Crippen molar-refractivity contribution < 1.29 is 23.5 Å². The van der Waals surface area contributed by atoms with Crippen molar-refractivity contribution in [2.45, 2.75) is 6.61 Å². The van der Waals surface area contributed by atoms with Crippen LogP contribution in [0.5, 0.6) is 11.5 Å². The molecule has 1 heterocycles. The molecule has 3 aromatic rings. The van der Waals surface area contributed by atoms with Gasteiger partial charge in [0.1, 0.15) is 5.56 Å². The van der Waals surface area contributed by atoms with Crippen molar-refractivity contribution in [2.24, 2.45) is 0 Å². The van der Waals surface area contributed by atoms with E-state index in [0.717, 1.165) is 5.56 Å². The maximum Gasteiger partial charge on any atom is 0.342 e. The number of para-hydroxylation sites is 1. The predicted molar refractivity (Wildman–Crippen MR) is 88.4 cm³/mol. The molecule has 0 fully saturated rings. The van der Waals surface area contributed by atoms with Crippen LogP contribution in [0.1, 0.15) is 16.2 Å². The second kappa shape index (κ2) is 7.48. The van der Waals surface area contributed by atoms with Crippen LogP contribution in [0.15, 0.2) is 53.1 Å². The van der Waals surface area contributed by atoms with Crippen LogP contribution in [0.3, 0.4) is 0 Å². The standard InChI is InChI=1S/C18H16N2O5/c1-22-14-10-6-9-13(16(14)23-2)18(21)24-11-15-19-17(20-25-15)12-7-4-3-5-8-12/h3-10H,11H2,1-2H3. The molecule has 128 valence electrons. The van der Waals surface area contributed by atoms with Gasteiger partial charge in [0.15, 0.2) is 18.1 Å². The molecule has 7 nitrogen and oxygen atoms in total. The Morgan fingerprint density at radius 2 is 1.84 bits per heavy atom. The third-order valence-corrected chi connectivity index (χ3v) is 3.45. The van der Waals surface area contributed by atoms with E-state index in [1.807, 2.05) is 30.3 Å². The minimum atomic E-state index is -0.574. The molecular formula is C18H16N2O5. The van der Waals surface area contributed by atoms with Crippen LogP contribution < -0.4 is 9.47 Å². The highest BCUT2D eigenvalue weighted by molar-refractivity contribution is 5.93. The minimum Gasteiger partial charge on any atom is -0.493 e. The minimum absolute atomic E-state index is 0.140. The Hall–Kier alpha value is -3.35. The van der Waals surface area contributed by atoms with Gasteiger partial charge in [0, 0.05) is 5.56 Å². The molecule has 0 N–H and O–H groups in total. The first-order valence-corrected chi connectivity index (χ1v) is 7.49. The van der Waals surface area contributed by atoms with E-state index in [1.54, 1.807) is 18.2 Å². The van der Waals surface area contributed by atoms with E-state index in [4.69, 9.17) is 18.7 Å². The van der Waals surface area contributed by atoms with Crippen molar-refractivity contribution in [3.05, 3.63) is 60.0 Å². The van der Waals surface area contributed by atoms with Gasteiger partial charge in [-0.1, -0.05) is 41.6 Å². The maximum absolute atomic E-state index is 12.3. The number of carbonyl (C=O) groups is 1. The fourth-order valence-electron chi connectivity index (χ4n) is 2.27. The van der Waals surface area contributed by atoms with Crippen molar-refractivity contribution in [3.8, 4) is 22.9 Å². The van der Waals surface area contributed by atoms with Crippen molar-refractivity contribution >= 4 is 5.97 Å². The zero-order valence-electron chi connectivity index (χ0n) is 13.8. The number of benzene rings is 2. The van der Waals surface area contributed by atoms with E-state index < -0.39 is 5.97 Å². The number of methoxy groups -OCH3 is 2. The summed E-state index contributed by atoms with van der Waals surface area (Å²) in [7, 11) is 2.95. The van der Waals surface area contributed by atoms with Crippen LogP contribution in [0, 0.1) is 0 Å². The molecule has 0 aliphatic rings. The van der Waals surface area contributed by atoms with E-state index >= 15 is 0 Å². The van der Waals surface area contributed by atoms with Gasteiger partial charge >= 0.3 is 5.97 Å². The molecule has 3 rings (SSSR count). The first kappa shape index (κ1) is 16.5. The summed E-state index contributed by atoms with van der Waals surface area (Å²) >= 11 is 0. The SMILES string of the molecule is COc1cccc(C(=O)OCc2nc(-c3ccccc3)no2)c1OC. The molecule has 0 unspecified atom stereocenters. The number of hydrogen-bond acceptors (Lipinski definition) is 7. The van der Waals surface area contributed by atoms with Crippen LogP contribution >= 0.6 is 0 Å². The number of ether oxygens (including phenoxy) is 3. The molecule has 0 bridgehead atoms. The highest BCUT2D eigenvalue weighted by atomic mass is 16.6. The number of esters is 1. The first-order chi connectivity index (χ1) is 12.2. The van der Waals surface area contributed by atoms with E-state index in [-0.39, 0.29) is 18.1 Å². The Morgan fingerprint density at radius 1 is 1.04 bits per heavy atom. The molecule has 25 heavy (non-hydrogen) atoms. The topological polar surface area (TPSA) is 83.7 Å². The predicted octanol–water partition coefficient (Wildman–Crippen LogP) is 3.11. The van der Waals surface area contributed by atoms with Gasteiger partial charge in [0.2, 0.25) is 5.82 Å². The van der Waals surface area contributed by atoms with Crippen LogP contribution in [0.4, 0.5) is 0 Å². The summed E-state index contributed by atoms with van der Waals surface area (Å²) in [4.78, 5) is 16.5. The molecule has 2 aromatic carbocycles. The Balaban J connectivity index is 1.70. The molecule has 0 saturated heterocycles. The molecule has 7 heteroatoms. The lowest BCUT2D eigenvalue weighted by atomic mass is 10.2. The third-order valence-electron chi connectivity index (χ3n) is 3.45. The molecule has 0 spiro atoms. The van der Waals surface area contributed by atoms with Gasteiger partial charge in [-0.15, -0.1) is 0 Å². The molecule has 0 aliphatic carbocycles. The fourth-order valence-corrected chi connectivity index (χ4v) is 2.27. The van der Waals surface area contributed by atoms with Crippen molar-refractivity contribution in [3.63, 3.8) is 0 Å². The van der Waals surface area contributed by atoms with Gasteiger partial charge < -0.3 is 18.7 Å². The van der Waals surface area contributed by atoms with Crippen LogP contribution in [0.2, 0.25) is 0 Å². The van der Waals surface area contributed by atoms with Crippen LogP contribution in [0.25, 0.3) is 11.4 Å². The normalized spacial score (nSPS) is 10.3. The van der Waals surface area contributed by atoms with Gasteiger partial charge in [-0.2, -0.15) is 4.98 Å². The summed E-state index contributed by atoms with van der Waals surface area (Å²) in [6.45, 7) is -0.140. The lowest BCUT2D eigenvalue weighted by molar-refractivity contribution is 0.0425. The second-order valence-electron chi connectivity index (χ2n) is 4.99. The molecule has 0 amide bonds. The molecule has 1 aromatic heterocycles. The Labute approximate surface area is 144 Å². The Morgan fingerprint density at radius 3 is 2.56 bits per heavy atom. The van der Waals surface area contributed by atoms with Gasteiger partial charge in [-0.3, -0.25) is 0 Å². The van der Waals surface area contributed by atoms with E-state index in [1.165, 1.54) is 14.2 Å². The number of hydrogen-bond donors (Lipinski definition) is 0. The monoisotopic (exact) mass is 340 g/mol. The number of aromatic nitrogens is 2. The van der Waals surface area contributed by atoms with Gasteiger partial charge in [-0.05, 0) is 12.1 Å². The molecule has 0 atom stereocenters. The van der Waals surface area contributed by atoms with Gasteiger partial charge in [-0.25, -0.2) is 4.79 Å². The molecule has 0 aliphatic heterocycles. The average molecular weight is 340 g/mol. The van der Waals surface area contributed by atoms with Crippen molar-refractivity contribution in [1.82, 2.24) is 10.1 Å². The molecule has 0 radical (unpaired) electrons. The molecule has 0 saturated carbocycles. The van der Waals surface area contributed by atoms with Crippen molar-refractivity contribution in [2.75, 3.05) is 14.2 Å². The maximum atomic E-state index is 12.3. The summed E-state index contributed by atoms with van der Waals surface area (Å²) in [5, 5.41) is 3.88. The Bertz CT molecular complexity index is 861. The number of carbonyl (C=O) groups excluding carboxylic acids is 1. The summed E-state index contributed by atoms with van der Waals surface area (Å²) < 4.78 is 20.7. The summed E-state index contributed by atoms with van der Waals surface area (Å²) in [6, 6.07) is 14.3. The number of rotatable bonds is 6. The zero-order chi connectivity index (χ0) is 17.6. The van der Waals surface area contributed by atoms with Crippen LogP contribution in [-0.4, -0.2) is 30.3 Å². The summed E-state index contributed by atoms with van der Waals surface area (Å²) in [5.41, 5.74) is 1.07. The fraction of sp³-hybridized carbons (Fsp3) is 0.167. The lowest BCUT2D eigenvalue weighted by Gasteiger charge is -2.11. The van der Waals surface area contributed by atoms with E-state index in [0.29, 0.717) is 17.3 Å².